The largest absolute Gasteiger partial charge is 0.497 e. The Kier molecular flexibility index (Phi) is 10.4. The Morgan fingerprint density at radius 1 is 0.900 bits per heavy atom. The first-order valence-electron chi connectivity index (χ1n) is 12.1. The van der Waals surface area contributed by atoms with Crippen molar-refractivity contribution >= 4 is 52.1 Å². The van der Waals surface area contributed by atoms with E-state index in [0.717, 1.165) is 12.1 Å². The molecule has 1 heterocycles. The highest BCUT2D eigenvalue weighted by Crippen LogP contribution is 2.37. The molecule has 0 aromatic heterocycles. The minimum Gasteiger partial charge on any atom is -0.495 e. The summed E-state index contributed by atoms with van der Waals surface area (Å²) >= 11 is 3.04. The predicted molar refractivity (Wildman–Crippen MR) is 151 cm³/mol. The lowest BCUT2D eigenvalue weighted by Gasteiger charge is -2.32. The number of nitrogens with one attached hydrogen (secondary N) is 2. The summed E-state index contributed by atoms with van der Waals surface area (Å²) in [6.07, 6.45) is -1.97. The first-order chi connectivity index (χ1) is 18.3. The average molecular weight is 631 g/mol. The zero-order valence-electron chi connectivity index (χ0n) is 23.8. The van der Waals surface area contributed by atoms with Crippen molar-refractivity contribution in [3.05, 3.63) is 40.4 Å². The van der Waals surface area contributed by atoms with Crippen LogP contribution in [0.3, 0.4) is 0 Å². The normalized spacial score (nSPS) is 15.4. The van der Waals surface area contributed by atoms with Crippen molar-refractivity contribution in [2.24, 2.45) is 0 Å². The number of carboxylic acid groups (broad SMARTS) is 1. The summed E-state index contributed by atoms with van der Waals surface area (Å²) in [5.41, 5.74) is -1.43. The van der Waals surface area contributed by atoms with Gasteiger partial charge in [0.25, 0.3) is 0 Å². The third-order valence-corrected chi connectivity index (χ3v) is 6.55. The molecule has 0 bridgehead atoms. The van der Waals surface area contributed by atoms with E-state index >= 15 is 0 Å². The van der Waals surface area contributed by atoms with Crippen LogP contribution in [0.1, 0.15) is 48.5 Å². The van der Waals surface area contributed by atoms with E-state index in [1.54, 1.807) is 20.8 Å². The van der Waals surface area contributed by atoms with E-state index in [9.17, 15) is 18.4 Å². The van der Waals surface area contributed by atoms with Gasteiger partial charge in [0.15, 0.2) is 0 Å². The molecule has 1 aliphatic rings. The number of rotatable bonds is 5. The maximum Gasteiger partial charge on any atom is 0.497 e. The Labute approximate surface area is 240 Å². The van der Waals surface area contributed by atoms with E-state index in [0.29, 0.717) is 5.75 Å². The molecule has 3 rings (SSSR count). The fourth-order valence-corrected chi connectivity index (χ4v) is 3.63. The Bertz CT molecular complexity index is 1240. The van der Waals surface area contributed by atoms with Gasteiger partial charge in [-0.05, 0) is 76.5 Å². The minimum absolute atomic E-state index is 0.0211. The Hall–Kier alpha value is -3.10. The number of methoxy groups -OCH3 is 2. The summed E-state index contributed by atoms with van der Waals surface area (Å²) < 4.78 is 54.8. The van der Waals surface area contributed by atoms with Gasteiger partial charge < -0.3 is 28.6 Å². The van der Waals surface area contributed by atoms with Crippen molar-refractivity contribution in [3.8, 4) is 11.5 Å². The summed E-state index contributed by atoms with van der Waals surface area (Å²) in [4.78, 5) is 22.3. The molecule has 0 aliphatic carbocycles. The summed E-state index contributed by atoms with van der Waals surface area (Å²) in [6, 6.07) is 5.02. The number of amides is 2. The van der Waals surface area contributed by atoms with Crippen LogP contribution < -0.4 is 25.6 Å². The van der Waals surface area contributed by atoms with Gasteiger partial charge in [0, 0.05) is 17.6 Å². The van der Waals surface area contributed by atoms with Crippen LogP contribution in [0.15, 0.2) is 28.7 Å². The topological polar surface area (TPSA) is 125 Å². The number of carbonyl (C=O) groups is 2. The molecule has 0 radical (unpaired) electrons. The zero-order valence-corrected chi connectivity index (χ0v) is 25.4. The SMILES string of the molecule is COc1cc(B2OC(C)(C)C(C)(C)O2)c(F)cc1NC(=O)O.COc1cc(Br)c(F)cc1NC(=O)OC(C)(C)C. The molecule has 2 amide bonds. The van der Waals surface area contributed by atoms with Gasteiger partial charge in [-0.25, -0.2) is 18.4 Å². The van der Waals surface area contributed by atoms with Gasteiger partial charge in [0.2, 0.25) is 0 Å². The monoisotopic (exact) mass is 630 g/mol. The molecule has 0 saturated carbocycles. The Morgan fingerprint density at radius 2 is 1.38 bits per heavy atom. The van der Waals surface area contributed by atoms with Crippen molar-refractivity contribution in [3.63, 3.8) is 0 Å². The average Bonchev–Trinajstić information content (AvgIpc) is 3.01. The molecule has 40 heavy (non-hydrogen) atoms. The van der Waals surface area contributed by atoms with Crippen molar-refractivity contribution in [1.29, 1.82) is 0 Å². The highest BCUT2D eigenvalue weighted by Gasteiger charge is 2.52. The summed E-state index contributed by atoms with van der Waals surface area (Å²) in [5.74, 6) is -0.604. The molecule has 0 spiro atoms. The van der Waals surface area contributed by atoms with Gasteiger partial charge in [0.1, 0.15) is 28.7 Å². The van der Waals surface area contributed by atoms with Crippen LogP contribution in [-0.4, -0.2) is 55.4 Å². The van der Waals surface area contributed by atoms with Crippen LogP contribution in [-0.2, 0) is 14.0 Å². The fraction of sp³-hybridized carbons (Fsp3) is 0.462. The van der Waals surface area contributed by atoms with Crippen molar-refractivity contribution in [1.82, 2.24) is 0 Å². The standard InChI is InChI=1S/C14H19BFNO5.C12H15BrFNO3/c1-13(2)14(3,4)22-15(21-13)8-6-11(20-5)10(7-9(8)16)17-12(18)19;1-12(2,3)18-11(16)15-9-6-8(14)7(13)5-10(9)17-4/h6-7,17H,1-5H3,(H,18,19);5-6H,1-4H3,(H,15,16). The van der Waals surface area contributed by atoms with Gasteiger partial charge in [-0.15, -0.1) is 0 Å². The zero-order chi connectivity index (χ0) is 30.6. The Morgan fingerprint density at radius 3 is 1.85 bits per heavy atom. The van der Waals surface area contributed by atoms with Crippen molar-refractivity contribution in [2.45, 2.75) is 65.3 Å². The molecule has 1 aliphatic heterocycles. The lowest BCUT2D eigenvalue weighted by Crippen LogP contribution is -2.41. The first-order valence-corrected chi connectivity index (χ1v) is 12.9. The summed E-state index contributed by atoms with van der Waals surface area (Å²) in [6.45, 7) is 12.7. The van der Waals surface area contributed by atoms with Gasteiger partial charge in [-0.1, -0.05) is 0 Å². The van der Waals surface area contributed by atoms with Crippen LogP contribution in [0.2, 0.25) is 0 Å². The molecular weight excluding hydrogens is 597 g/mol. The lowest BCUT2D eigenvalue weighted by atomic mass is 9.78. The van der Waals surface area contributed by atoms with Gasteiger partial charge >= 0.3 is 19.3 Å². The third kappa shape index (κ3) is 8.45. The van der Waals surface area contributed by atoms with Gasteiger partial charge in [-0.3, -0.25) is 10.6 Å². The van der Waals surface area contributed by atoms with Crippen LogP contribution in [0, 0.1) is 11.6 Å². The quantitative estimate of drug-likeness (QED) is 0.335. The molecule has 1 saturated heterocycles. The van der Waals surface area contributed by atoms with Crippen LogP contribution in [0.5, 0.6) is 11.5 Å². The fourth-order valence-electron chi connectivity index (χ4n) is 3.31. The molecule has 0 unspecified atom stereocenters. The second kappa shape index (κ2) is 12.6. The summed E-state index contributed by atoms with van der Waals surface area (Å²) in [5, 5.41) is 13.3. The third-order valence-electron chi connectivity index (χ3n) is 5.95. The van der Waals surface area contributed by atoms with E-state index in [2.05, 4.69) is 26.6 Å². The number of ether oxygens (including phenoxy) is 3. The number of benzene rings is 2. The summed E-state index contributed by atoms with van der Waals surface area (Å²) in [7, 11) is 1.91. The molecule has 3 N–H and O–H groups in total. The highest BCUT2D eigenvalue weighted by atomic mass is 79.9. The van der Waals surface area contributed by atoms with E-state index in [4.69, 9.17) is 28.6 Å². The van der Waals surface area contributed by atoms with Crippen molar-refractivity contribution in [2.75, 3.05) is 24.9 Å². The van der Waals surface area contributed by atoms with Gasteiger partial charge in [-0.2, -0.15) is 0 Å². The lowest BCUT2D eigenvalue weighted by molar-refractivity contribution is 0.00578. The second-order valence-corrected chi connectivity index (χ2v) is 11.5. The number of carbonyl (C=O) groups excluding carboxylic acids is 1. The van der Waals surface area contributed by atoms with Crippen LogP contribution in [0.25, 0.3) is 0 Å². The van der Waals surface area contributed by atoms with E-state index in [1.165, 1.54) is 26.4 Å². The molecular formula is C26H34BBrF2N2O8. The molecule has 2 aromatic carbocycles. The molecule has 220 valence electrons. The number of hydrogen-bond acceptors (Lipinski definition) is 7. The maximum atomic E-state index is 14.3. The minimum atomic E-state index is -1.30. The number of halogens is 3. The van der Waals surface area contributed by atoms with Crippen molar-refractivity contribution < 1.29 is 47.0 Å². The molecule has 14 heteroatoms. The Balaban J connectivity index is 0.000000286. The predicted octanol–water partition coefficient (Wildman–Crippen LogP) is 6.17. The molecule has 2 aromatic rings. The van der Waals surface area contributed by atoms with E-state index in [-0.39, 0.29) is 27.1 Å². The number of anilines is 2. The first kappa shape index (κ1) is 33.1. The molecule has 0 atom stereocenters. The highest BCUT2D eigenvalue weighted by molar-refractivity contribution is 9.10. The van der Waals surface area contributed by atoms with E-state index < -0.39 is 47.7 Å². The maximum absolute atomic E-state index is 14.3. The van der Waals surface area contributed by atoms with Crippen LogP contribution in [0.4, 0.5) is 29.7 Å². The second-order valence-electron chi connectivity index (χ2n) is 10.7. The smallest absolute Gasteiger partial charge is 0.495 e. The van der Waals surface area contributed by atoms with E-state index in [1.807, 2.05) is 27.7 Å². The van der Waals surface area contributed by atoms with Gasteiger partial charge in [0.05, 0.1) is 41.3 Å². The molecule has 10 nitrogen and oxygen atoms in total. The molecule has 1 fully saturated rings. The van der Waals surface area contributed by atoms with Crippen LogP contribution >= 0.6 is 15.9 Å². The number of hydrogen-bond donors (Lipinski definition) is 3.